The zero-order chi connectivity index (χ0) is 21.4. The predicted molar refractivity (Wildman–Crippen MR) is 121 cm³/mol. The van der Waals surface area contributed by atoms with Crippen molar-refractivity contribution in [3.8, 4) is 11.3 Å². The van der Waals surface area contributed by atoms with Gasteiger partial charge >= 0.3 is 0 Å². The van der Waals surface area contributed by atoms with Crippen LogP contribution in [-0.2, 0) is 16.0 Å². The largest absolute Gasteiger partial charge is 0.378 e. The zero-order valence-electron chi connectivity index (χ0n) is 17.9. The lowest BCUT2D eigenvalue weighted by Gasteiger charge is -2.26. The van der Waals surface area contributed by atoms with Crippen molar-refractivity contribution in [1.29, 1.82) is 0 Å². The van der Waals surface area contributed by atoms with Gasteiger partial charge < -0.3 is 14.6 Å². The number of morpholine rings is 1. The van der Waals surface area contributed by atoms with Crippen molar-refractivity contribution in [2.45, 2.75) is 32.6 Å². The van der Waals surface area contributed by atoms with Gasteiger partial charge in [0, 0.05) is 47.6 Å². The molecule has 7 heteroatoms. The number of pyridine rings is 1. The summed E-state index contributed by atoms with van der Waals surface area (Å²) in [5.41, 5.74) is 6.57. The third-order valence-corrected chi connectivity index (χ3v) is 6.10. The number of nitrogens with zero attached hydrogens (tertiary/aromatic N) is 3. The highest BCUT2D eigenvalue weighted by Crippen LogP contribution is 2.38. The number of aryl methyl sites for hydroxylation is 1. The Morgan fingerprint density at radius 3 is 2.84 bits per heavy atom. The molecule has 1 saturated heterocycles. The van der Waals surface area contributed by atoms with Crippen molar-refractivity contribution in [3.63, 3.8) is 0 Å². The predicted octanol–water partition coefficient (Wildman–Crippen LogP) is 4.02. The van der Waals surface area contributed by atoms with E-state index in [-0.39, 0.29) is 5.91 Å². The molecule has 0 bridgehead atoms. The van der Waals surface area contributed by atoms with E-state index < -0.39 is 0 Å². The lowest BCUT2D eigenvalue weighted by atomic mass is 9.94. The molecule has 1 aliphatic heterocycles. The van der Waals surface area contributed by atoms with Crippen LogP contribution in [0.3, 0.4) is 0 Å². The number of benzene rings is 1. The molecule has 0 saturated carbocycles. The number of rotatable bonds is 5. The zero-order valence-corrected chi connectivity index (χ0v) is 17.9. The van der Waals surface area contributed by atoms with E-state index in [1.54, 1.807) is 0 Å². The molecule has 2 N–H and O–H groups in total. The molecule has 0 spiro atoms. The minimum atomic E-state index is 0.210. The molecule has 4 aromatic rings. The Kier molecular flexibility index (Phi) is 5.19. The number of aromatic nitrogens is 4. The number of amides is 1. The van der Waals surface area contributed by atoms with Gasteiger partial charge in [-0.05, 0) is 41.7 Å². The number of hydrogen-bond donors (Lipinski definition) is 2. The number of ether oxygens (including phenoxy) is 1. The monoisotopic (exact) mass is 417 g/mol. The number of aromatic amines is 2. The summed E-state index contributed by atoms with van der Waals surface area (Å²) in [5, 5.41) is 9.35. The molecule has 0 radical (unpaired) electrons. The van der Waals surface area contributed by atoms with Crippen LogP contribution < -0.4 is 0 Å². The number of carbonyl (C=O) groups is 1. The summed E-state index contributed by atoms with van der Waals surface area (Å²) in [7, 11) is 0. The normalized spacial score (nSPS) is 14.7. The van der Waals surface area contributed by atoms with Crippen LogP contribution in [0.25, 0.3) is 33.2 Å². The molecule has 4 heterocycles. The van der Waals surface area contributed by atoms with Gasteiger partial charge in [0.2, 0.25) is 5.91 Å². The third kappa shape index (κ3) is 3.70. The van der Waals surface area contributed by atoms with Crippen LogP contribution >= 0.6 is 0 Å². The summed E-state index contributed by atoms with van der Waals surface area (Å²) < 4.78 is 5.35. The first-order valence-electron chi connectivity index (χ1n) is 10.9. The van der Waals surface area contributed by atoms with E-state index in [0.717, 1.165) is 34.2 Å². The van der Waals surface area contributed by atoms with Crippen molar-refractivity contribution in [3.05, 3.63) is 47.8 Å². The summed E-state index contributed by atoms with van der Waals surface area (Å²) in [6.45, 7) is 7.11. The highest BCUT2D eigenvalue weighted by atomic mass is 16.5. The van der Waals surface area contributed by atoms with Crippen LogP contribution in [0, 0.1) is 0 Å². The van der Waals surface area contributed by atoms with Gasteiger partial charge in [-0.25, -0.2) is 4.98 Å². The smallest absolute Gasteiger partial charge is 0.223 e. The molecule has 1 amide bonds. The molecule has 31 heavy (non-hydrogen) atoms. The second-order valence-electron chi connectivity index (χ2n) is 8.43. The van der Waals surface area contributed by atoms with Crippen molar-refractivity contribution in [2.24, 2.45) is 0 Å². The lowest BCUT2D eigenvalue weighted by Crippen LogP contribution is -2.40. The van der Waals surface area contributed by atoms with E-state index in [1.807, 2.05) is 23.4 Å². The first-order valence-corrected chi connectivity index (χ1v) is 10.9. The van der Waals surface area contributed by atoms with Crippen molar-refractivity contribution >= 4 is 27.8 Å². The van der Waals surface area contributed by atoms with Gasteiger partial charge in [0.05, 0.1) is 25.1 Å². The highest BCUT2D eigenvalue weighted by Gasteiger charge is 2.20. The van der Waals surface area contributed by atoms with Crippen LogP contribution in [-0.4, -0.2) is 57.3 Å². The topological polar surface area (TPSA) is 86.9 Å². The minimum absolute atomic E-state index is 0.210. The molecule has 5 rings (SSSR count). The Hall–Kier alpha value is -3.19. The van der Waals surface area contributed by atoms with Crippen molar-refractivity contribution in [1.82, 2.24) is 25.1 Å². The lowest BCUT2D eigenvalue weighted by molar-refractivity contribution is -0.135. The number of H-pyrrole nitrogens is 2. The Morgan fingerprint density at radius 2 is 2.03 bits per heavy atom. The maximum Gasteiger partial charge on any atom is 0.223 e. The van der Waals surface area contributed by atoms with Gasteiger partial charge in [-0.2, -0.15) is 5.10 Å². The Labute approximate surface area is 180 Å². The first-order chi connectivity index (χ1) is 15.1. The van der Waals surface area contributed by atoms with Crippen LogP contribution in [0.4, 0.5) is 0 Å². The molecule has 7 nitrogen and oxygen atoms in total. The van der Waals surface area contributed by atoms with Crippen molar-refractivity contribution in [2.75, 3.05) is 26.3 Å². The van der Waals surface area contributed by atoms with E-state index in [9.17, 15) is 4.79 Å². The average Bonchev–Trinajstić information content (AvgIpc) is 3.42. The highest BCUT2D eigenvalue weighted by molar-refractivity contribution is 5.98. The summed E-state index contributed by atoms with van der Waals surface area (Å²) in [6, 6.07) is 8.54. The van der Waals surface area contributed by atoms with Crippen molar-refractivity contribution < 1.29 is 9.53 Å². The Bertz CT molecular complexity index is 1230. The molecule has 1 aromatic carbocycles. The molecule has 1 aliphatic rings. The average molecular weight is 418 g/mol. The maximum absolute atomic E-state index is 12.5. The van der Waals surface area contributed by atoms with Crippen LogP contribution in [0.2, 0.25) is 0 Å². The summed E-state index contributed by atoms with van der Waals surface area (Å²) in [6.07, 6.45) is 4.91. The molecule has 3 aromatic heterocycles. The first kappa shape index (κ1) is 19.8. The van der Waals surface area contributed by atoms with Gasteiger partial charge in [-0.1, -0.05) is 19.9 Å². The molecule has 1 fully saturated rings. The summed E-state index contributed by atoms with van der Waals surface area (Å²) in [5.74, 6) is 0.547. The molecule has 0 unspecified atom stereocenters. The second kappa shape index (κ2) is 8.15. The van der Waals surface area contributed by atoms with Gasteiger partial charge in [-0.3, -0.25) is 9.89 Å². The number of fused-ring (bicyclic) bond motifs is 2. The quantitative estimate of drug-likeness (QED) is 0.513. The van der Waals surface area contributed by atoms with E-state index >= 15 is 0 Å². The number of carbonyl (C=O) groups excluding carboxylic acids is 1. The Balaban J connectivity index is 1.48. The van der Waals surface area contributed by atoms with E-state index in [0.29, 0.717) is 38.6 Å². The number of hydrogen-bond acceptors (Lipinski definition) is 4. The molecule has 0 atom stereocenters. The number of nitrogens with one attached hydrogen (secondary N) is 2. The minimum Gasteiger partial charge on any atom is -0.378 e. The third-order valence-electron chi connectivity index (χ3n) is 6.10. The van der Waals surface area contributed by atoms with Crippen LogP contribution in [0.15, 0.2) is 36.7 Å². The fourth-order valence-corrected chi connectivity index (χ4v) is 4.52. The summed E-state index contributed by atoms with van der Waals surface area (Å²) >= 11 is 0. The summed E-state index contributed by atoms with van der Waals surface area (Å²) in [4.78, 5) is 22.5. The van der Waals surface area contributed by atoms with Crippen LogP contribution in [0.5, 0.6) is 0 Å². The van der Waals surface area contributed by atoms with E-state index in [4.69, 9.17) is 4.74 Å². The molecule has 160 valence electrons. The SMILES string of the molecule is CC(C)c1c(-c2ccnc3[nH]ncc23)[nH]c2ccc(CCC(=O)N3CCOCC3)cc12. The van der Waals surface area contributed by atoms with E-state index in [1.165, 1.54) is 16.5 Å². The fraction of sp³-hybridized carbons (Fsp3) is 0.375. The van der Waals surface area contributed by atoms with Crippen LogP contribution in [0.1, 0.15) is 37.3 Å². The Morgan fingerprint density at radius 1 is 1.19 bits per heavy atom. The van der Waals surface area contributed by atoms with Gasteiger partial charge in [0.1, 0.15) is 0 Å². The van der Waals surface area contributed by atoms with Gasteiger partial charge in [0.15, 0.2) is 5.65 Å². The molecular weight excluding hydrogens is 390 g/mol. The van der Waals surface area contributed by atoms with E-state index in [2.05, 4.69) is 52.2 Å². The fourth-order valence-electron chi connectivity index (χ4n) is 4.52. The maximum atomic E-state index is 12.5. The molecule has 0 aliphatic carbocycles. The van der Waals surface area contributed by atoms with Gasteiger partial charge in [0.25, 0.3) is 0 Å². The van der Waals surface area contributed by atoms with Gasteiger partial charge in [-0.15, -0.1) is 0 Å². The second-order valence-corrected chi connectivity index (χ2v) is 8.43. The molecular formula is C24H27N5O2. The standard InChI is InChI=1S/C24H27N5O2/c1-15(2)22-18-13-16(4-6-21(30)29-9-11-31-12-10-29)3-5-20(18)27-23(22)17-7-8-25-24-19(17)14-26-28-24/h3,5,7-8,13-15,27H,4,6,9-12H2,1-2H3,(H,25,26,28).